The van der Waals surface area contributed by atoms with Gasteiger partial charge in [0.25, 0.3) is 0 Å². The summed E-state index contributed by atoms with van der Waals surface area (Å²) in [6.07, 6.45) is -4.81. The molecule has 0 radical (unpaired) electrons. The van der Waals surface area contributed by atoms with Crippen molar-refractivity contribution in [1.29, 1.82) is 0 Å². The van der Waals surface area contributed by atoms with Gasteiger partial charge in [0, 0.05) is 17.0 Å². The maximum Gasteiger partial charge on any atom is 0.416 e. The normalized spacial score (nSPS) is 11.8. The lowest BCUT2D eigenvalue weighted by atomic mass is 9.97. The van der Waals surface area contributed by atoms with Gasteiger partial charge in [0.2, 0.25) is 5.91 Å². The van der Waals surface area contributed by atoms with E-state index in [9.17, 15) is 18.0 Å². The zero-order valence-corrected chi connectivity index (χ0v) is 12.9. The zero-order chi connectivity index (χ0) is 17.5. The van der Waals surface area contributed by atoms with E-state index in [0.29, 0.717) is 16.1 Å². The van der Waals surface area contributed by atoms with E-state index in [1.54, 1.807) is 18.2 Å². The van der Waals surface area contributed by atoms with Crippen LogP contribution < -0.4 is 5.73 Å². The average Bonchev–Trinajstić information content (AvgIpc) is 2.87. The number of nitrogens with zero attached hydrogens (tertiary/aromatic N) is 1. The van der Waals surface area contributed by atoms with E-state index in [0.717, 1.165) is 12.1 Å². The molecule has 124 valence electrons. The topological polar surface area (TPSA) is 71.8 Å². The Morgan fingerprint density at radius 2 is 2.00 bits per heavy atom. The largest absolute Gasteiger partial charge is 0.416 e. The van der Waals surface area contributed by atoms with Crippen molar-refractivity contribution >= 4 is 28.5 Å². The summed E-state index contributed by atoms with van der Waals surface area (Å²) in [7, 11) is 0. The number of primary amides is 1. The highest BCUT2D eigenvalue weighted by atomic mass is 35.5. The Morgan fingerprint density at radius 3 is 2.67 bits per heavy atom. The quantitative estimate of drug-likeness (QED) is 0.749. The molecule has 0 aliphatic rings. The van der Waals surface area contributed by atoms with Crippen molar-refractivity contribution in [2.24, 2.45) is 5.73 Å². The summed E-state index contributed by atoms with van der Waals surface area (Å²) in [6, 6.07) is 8.26. The van der Waals surface area contributed by atoms with Crippen LogP contribution in [0.15, 0.2) is 36.4 Å². The molecule has 1 heterocycles. The number of aromatic nitrogens is 2. The summed E-state index contributed by atoms with van der Waals surface area (Å²) in [5, 5.41) is 0.478. The predicted octanol–water partition coefficient (Wildman–Crippen LogP) is 3.92. The highest BCUT2D eigenvalue weighted by molar-refractivity contribution is 6.31. The number of fused-ring (bicyclic) bond motifs is 1. The van der Waals surface area contributed by atoms with Gasteiger partial charge in [-0.1, -0.05) is 17.7 Å². The Balaban J connectivity index is 2.11. The Kier molecular flexibility index (Phi) is 3.96. The first-order chi connectivity index (χ1) is 11.3. The molecule has 4 nitrogen and oxygen atoms in total. The number of aromatic amines is 1. The minimum Gasteiger partial charge on any atom is -0.366 e. The summed E-state index contributed by atoms with van der Waals surface area (Å²) in [6.45, 7) is 0. The number of rotatable bonds is 3. The van der Waals surface area contributed by atoms with E-state index >= 15 is 0 Å². The first-order valence-electron chi connectivity index (χ1n) is 6.89. The second-order valence-corrected chi connectivity index (χ2v) is 5.65. The molecule has 0 atom stereocenters. The van der Waals surface area contributed by atoms with Gasteiger partial charge in [-0.25, -0.2) is 4.98 Å². The van der Waals surface area contributed by atoms with Crippen molar-refractivity contribution in [3.05, 3.63) is 63.9 Å². The van der Waals surface area contributed by atoms with Crippen molar-refractivity contribution < 1.29 is 18.0 Å². The van der Waals surface area contributed by atoms with Gasteiger partial charge < -0.3 is 10.7 Å². The summed E-state index contributed by atoms with van der Waals surface area (Å²) in [4.78, 5) is 18.7. The lowest BCUT2D eigenvalue weighted by Gasteiger charge is -2.14. The van der Waals surface area contributed by atoms with Crippen molar-refractivity contribution in [2.45, 2.75) is 12.6 Å². The number of halogens is 4. The Hall–Kier alpha value is -2.54. The fourth-order valence-corrected chi connectivity index (χ4v) is 2.73. The van der Waals surface area contributed by atoms with Crippen LogP contribution in [0.25, 0.3) is 11.0 Å². The van der Waals surface area contributed by atoms with Crippen LogP contribution in [0.1, 0.15) is 27.3 Å². The molecule has 2 aromatic carbocycles. The molecule has 3 rings (SSSR count). The molecule has 0 bridgehead atoms. The molecule has 0 aliphatic carbocycles. The van der Waals surface area contributed by atoms with E-state index in [4.69, 9.17) is 17.3 Å². The van der Waals surface area contributed by atoms with Gasteiger partial charge in [-0.05, 0) is 35.9 Å². The number of benzene rings is 2. The number of nitrogens with one attached hydrogen (secondary N) is 1. The highest BCUT2D eigenvalue weighted by Gasteiger charge is 2.35. The standard InChI is InChI=1S/C16H11ClF3N3O/c17-8-4-5-12-13(6-8)23-14(22-12)7-10-9(15(21)24)2-1-3-11(10)16(18,19)20/h1-6H,7H2,(H2,21,24)(H,22,23). The van der Waals surface area contributed by atoms with Gasteiger partial charge in [-0.2, -0.15) is 13.2 Å². The average molecular weight is 354 g/mol. The number of hydrogen-bond acceptors (Lipinski definition) is 2. The number of carbonyl (C=O) groups excluding carboxylic acids is 1. The first kappa shape index (κ1) is 16.3. The van der Waals surface area contributed by atoms with Gasteiger partial charge in [-0.15, -0.1) is 0 Å². The van der Waals surface area contributed by atoms with Gasteiger partial charge in [0.15, 0.2) is 0 Å². The number of nitrogens with two attached hydrogens (primary N) is 1. The van der Waals surface area contributed by atoms with Crippen LogP contribution in [0.5, 0.6) is 0 Å². The Labute approximate surface area is 139 Å². The van der Waals surface area contributed by atoms with Crippen LogP contribution in [0, 0.1) is 0 Å². The van der Waals surface area contributed by atoms with Crippen molar-refractivity contribution in [3.63, 3.8) is 0 Å². The number of carbonyl (C=O) groups is 1. The first-order valence-corrected chi connectivity index (χ1v) is 7.26. The molecular weight excluding hydrogens is 343 g/mol. The number of alkyl halides is 3. The molecule has 8 heteroatoms. The summed E-state index contributed by atoms with van der Waals surface area (Å²) in [5.41, 5.74) is 5.10. The molecule has 0 unspecified atom stereocenters. The molecule has 0 aliphatic heterocycles. The van der Waals surface area contributed by atoms with E-state index in [-0.39, 0.29) is 23.4 Å². The van der Waals surface area contributed by atoms with E-state index in [1.807, 2.05) is 0 Å². The van der Waals surface area contributed by atoms with Crippen LogP contribution in [0.4, 0.5) is 13.2 Å². The van der Waals surface area contributed by atoms with Gasteiger partial charge in [0.05, 0.1) is 16.6 Å². The maximum absolute atomic E-state index is 13.3. The lowest BCUT2D eigenvalue weighted by Crippen LogP contribution is -2.19. The SMILES string of the molecule is NC(=O)c1cccc(C(F)(F)F)c1Cc1nc2ccc(Cl)cc2[nH]1. The van der Waals surface area contributed by atoms with E-state index in [1.165, 1.54) is 6.07 Å². The molecule has 24 heavy (non-hydrogen) atoms. The third kappa shape index (κ3) is 3.07. The molecule has 1 amide bonds. The smallest absolute Gasteiger partial charge is 0.366 e. The van der Waals surface area contributed by atoms with Crippen molar-refractivity contribution in [2.75, 3.05) is 0 Å². The second-order valence-electron chi connectivity index (χ2n) is 5.22. The number of imidazole rings is 1. The van der Waals surface area contributed by atoms with Crippen molar-refractivity contribution in [1.82, 2.24) is 9.97 Å². The molecule has 0 spiro atoms. The third-order valence-electron chi connectivity index (χ3n) is 3.58. The molecular formula is C16H11ClF3N3O. The summed E-state index contributed by atoms with van der Waals surface area (Å²) >= 11 is 5.88. The molecule has 0 saturated carbocycles. The fourth-order valence-electron chi connectivity index (χ4n) is 2.56. The molecule has 3 aromatic rings. The van der Waals surface area contributed by atoms with Crippen LogP contribution in [0.2, 0.25) is 5.02 Å². The lowest BCUT2D eigenvalue weighted by molar-refractivity contribution is -0.138. The predicted molar refractivity (Wildman–Crippen MR) is 83.9 cm³/mol. The molecule has 1 aromatic heterocycles. The van der Waals surface area contributed by atoms with Crippen LogP contribution in [-0.2, 0) is 12.6 Å². The minimum atomic E-state index is -4.60. The summed E-state index contributed by atoms with van der Waals surface area (Å²) < 4.78 is 39.8. The van der Waals surface area contributed by atoms with Crippen LogP contribution >= 0.6 is 11.6 Å². The Bertz CT molecular complexity index is 934. The fraction of sp³-hybridized carbons (Fsp3) is 0.125. The number of amides is 1. The number of H-pyrrole nitrogens is 1. The summed E-state index contributed by atoms with van der Waals surface area (Å²) in [5.74, 6) is -0.637. The highest BCUT2D eigenvalue weighted by Crippen LogP contribution is 2.34. The molecule has 0 saturated heterocycles. The molecule has 3 N–H and O–H groups in total. The van der Waals surface area contributed by atoms with E-state index < -0.39 is 17.6 Å². The zero-order valence-electron chi connectivity index (χ0n) is 12.1. The minimum absolute atomic E-state index is 0.177. The van der Waals surface area contributed by atoms with Gasteiger partial charge >= 0.3 is 6.18 Å². The number of hydrogen-bond donors (Lipinski definition) is 2. The molecule has 0 fully saturated rings. The third-order valence-corrected chi connectivity index (χ3v) is 3.82. The van der Waals surface area contributed by atoms with Crippen LogP contribution in [0.3, 0.4) is 0 Å². The van der Waals surface area contributed by atoms with Crippen LogP contribution in [-0.4, -0.2) is 15.9 Å². The monoisotopic (exact) mass is 353 g/mol. The van der Waals surface area contributed by atoms with E-state index in [2.05, 4.69) is 9.97 Å². The van der Waals surface area contributed by atoms with Gasteiger partial charge in [0.1, 0.15) is 5.82 Å². The second kappa shape index (κ2) is 5.83. The Morgan fingerprint density at radius 1 is 1.25 bits per heavy atom. The maximum atomic E-state index is 13.3. The van der Waals surface area contributed by atoms with Crippen molar-refractivity contribution in [3.8, 4) is 0 Å². The van der Waals surface area contributed by atoms with Gasteiger partial charge in [-0.3, -0.25) is 4.79 Å².